The van der Waals surface area contributed by atoms with E-state index < -0.39 is 0 Å². The Morgan fingerprint density at radius 1 is 1.26 bits per heavy atom. The second-order valence-corrected chi connectivity index (χ2v) is 7.24. The maximum absolute atomic E-state index is 5.70. The third-order valence-corrected chi connectivity index (χ3v) is 4.46. The van der Waals surface area contributed by atoms with E-state index >= 15 is 0 Å². The molecule has 0 amide bonds. The van der Waals surface area contributed by atoms with Crippen molar-refractivity contribution in [1.29, 1.82) is 0 Å². The summed E-state index contributed by atoms with van der Waals surface area (Å²) in [6, 6.07) is 4.23. The zero-order valence-electron chi connectivity index (χ0n) is 17.1. The minimum absolute atomic E-state index is 0. The van der Waals surface area contributed by atoms with Gasteiger partial charge in [0.2, 0.25) is 0 Å². The molecule has 27 heavy (non-hydrogen) atoms. The van der Waals surface area contributed by atoms with Crippen molar-refractivity contribution in [2.24, 2.45) is 10.9 Å². The first kappa shape index (κ1) is 24.2. The SMILES string of the molecule is CCNC(=NCC(c1ccco1)N1CCCCC1)NCCOCC(C)C.I. The number of ether oxygens (including phenoxy) is 1. The van der Waals surface area contributed by atoms with Gasteiger partial charge in [0.25, 0.3) is 0 Å². The average Bonchev–Trinajstić information content (AvgIpc) is 3.16. The molecule has 7 heteroatoms. The first-order chi connectivity index (χ1) is 12.7. The molecule has 0 aromatic carbocycles. The summed E-state index contributed by atoms with van der Waals surface area (Å²) < 4.78 is 11.3. The zero-order chi connectivity index (χ0) is 18.6. The standard InChI is InChI=1S/C20H36N4O2.HI/c1-4-21-20(22-10-14-25-16-17(2)3)23-15-18(19-9-8-13-26-19)24-11-6-5-7-12-24;/h8-9,13,17-18H,4-7,10-12,14-16H2,1-3H3,(H2,21,22,23);1H. The van der Waals surface area contributed by atoms with Gasteiger partial charge in [-0.25, -0.2) is 0 Å². The molecule has 1 aromatic heterocycles. The van der Waals surface area contributed by atoms with Crippen LogP contribution in [0.1, 0.15) is 51.8 Å². The van der Waals surface area contributed by atoms with Crippen LogP contribution in [0, 0.1) is 5.92 Å². The minimum Gasteiger partial charge on any atom is -0.468 e. The maximum Gasteiger partial charge on any atom is 0.191 e. The first-order valence-electron chi connectivity index (χ1n) is 10.1. The number of hydrogen-bond donors (Lipinski definition) is 2. The van der Waals surface area contributed by atoms with Gasteiger partial charge in [0.15, 0.2) is 5.96 Å². The van der Waals surface area contributed by atoms with Gasteiger partial charge in [-0.15, -0.1) is 24.0 Å². The van der Waals surface area contributed by atoms with Crippen molar-refractivity contribution in [3.8, 4) is 0 Å². The van der Waals surface area contributed by atoms with Gasteiger partial charge in [0, 0.05) is 19.7 Å². The molecule has 2 heterocycles. The molecule has 1 unspecified atom stereocenters. The Morgan fingerprint density at radius 2 is 2.04 bits per heavy atom. The number of nitrogens with zero attached hydrogens (tertiary/aromatic N) is 2. The highest BCUT2D eigenvalue weighted by Gasteiger charge is 2.24. The number of aliphatic imine (C=N–C) groups is 1. The largest absolute Gasteiger partial charge is 0.468 e. The molecule has 1 saturated heterocycles. The van der Waals surface area contributed by atoms with Crippen LogP contribution in [0.5, 0.6) is 0 Å². The van der Waals surface area contributed by atoms with E-state index in [4.69, 9.17) is 14.1 Å². The number of guanidine groups is 1. The number of likely N-dealkylation sites (tertiary alicyclic amines) is 1. The predicted octanol–water partition coefficient (Wildman–Crippen LogP) is 3.65. The fourth-order valence-corrected chi connectivity index (χ4v) is 3.18. The third-order valence-electron chi connectivity index (χ3n) is 4.46. The van der Waals surface area contributed by atoms with Gasteiger partial charge in [0.05, 0.1) is 25.5 Å². The Labute approximate surface area is 181 Å². The number of halogens is 1. The second kappa shape index (κ2) is 14.2. The van der Waals surface area contributed by atoms with Gasteiger partial charge >= 0.3 is 0 Å². The summed E-state index contributed by atoms with van der Waals surface area (Å²) in [4.78, 5) is 7.32. The summed E-state index contributed by atoms with van der Waals surface area (Å²) in [5, 5.41) is 6.68. The lowest BCUT2D eigenvalue weighted by molar-refractivity contribution is 0.114. The molecule has 156 valence electrons. The molecule has 6 nitrogen and oxygen atoms in total. The van der Waals surface area contributed by atoms with Crippen molar-refractivity contribution >= 4 is 29.9 Å². The van der Waals surface area contributed by atoms with Gasteiger partial charge in [-0.1, -0.05) is 20.3 Å². The van der Waals surface area contributed by atoms with E-state index in [9.17, 15) is 0 Å². The molecule has 0 spiro atoms. The molecule has 0 bridgehead atoms. The van der Waals surface area contributed by atoms with Gasteiger partial charge < -0.3 is 19.8 Å². The van der Waals surface area contributed by atoms with Gasteiger partial charge in [-0.2, -0.15) is 0 Å². The lowest BCUT2D eigenvalue weighted by atomic mass is 10.1. The quantitative estimate of drug-likeness (QED) is 0.226. The molecule has 1 aliphatic heterocycles. The van der Waals surface area contributed by atoms with E-state index in [0.717, 1.165) is 44.5 Å². The summed E-state index contributed by atoms with van der Waals surface area (Å²) in [6.45, 7) is 12.4. The van der Waals surface area contributed by atoms with Crippen LogP contribution in [-0.4, -0.2) is 56.8 Å². The van der Waals surface area contributed by atoms with Gasteiger partial charge in [-0.3, -0.25) is 9.89 Å². The number of rotatable bonds is 10. The first-order valence-corrected chi connectivity index (χ1v) is 10.1. The zero-order valence-corrected chi connectivity index (χ0v) is 19.4. The molecule has 1 aliphatic rings. The van der Waals surface area contributed by atoms with Crippen molar-refractivity contribution in [2.45, 2.75) is 46.1 Å². The van der Waals surface area contributed by atoms with Crippen LogP contribution in [0.15, 0.2) is 27.8 Å². The molecule has 1 aromatic rings. The summed E-state index contributed by atoms with van der Waals surface area (Å²) >= 11 is 0. The Kier molecular flexibility index (Phi) is 12.8. The topological polar surface area (TPSA) is 62.0 Å². The molecule has 0 aliphatic carbocycles. The molecular formula is C20H37IN4O2. The molecule has 1 fully saturated rings. The average molecular weight is 492 g/mol. The van der Waals surface area contributed by atoms with Crippen LogP contribution in [0.2, 0.25) is 0 Å². The number of piperidine rings is 1. The van der Waals surface area contributed by atoms with E-state index in [1.165, 1.54) is 19.3 Å². The van der Waals surface area contributed by atoms with Crippen LogP contribution in [-0.2, 0) is 4.74 Å². The fourth-order valence-electron chi connectivity index (χ4n) is 3.18. The molecule has 2 rings (SSSR count). The monoisotopic (exact) mass is 492 g/mol. The third kappa shape index (κ3) is 9.30. The van der Waals surface area contributed by atoms with Crippen molar-refractivity contribution in [1.82, 2.24) is 15.5 Å². The summed E-state index contributed by atoms with van der Waals surface area (Å²) in [5.74, 6) is 2.41. The van der Waals surface area contributed by atoms with E-state index in [1.807, 2.05) is 6.07 Å². The molecule has 0 radical (unpaired) electrons. The Hall–Kier alpha value is -0.800. The summed E-state index contributed by atoms with van der Waals surface area (Å²) in [7, 11) is 0. The van der Waals surface area contributed by atoms with Crippen LogP contribution >= 0.6 is 24.0 Å². The normalized spacial score (nSPS) is 16.8. The van der Waals surface area contributed by atoms with E-state index in [2.05, 4.69) is 42.4 Å². The van der Waals surface area contributed by atoms with Crippen LogP contribution < -0.4 is 10.6 Å². The van der Waals surface area contributed by atoms with E-state index in [1.54, 1.807) is 6.26 Å². The molecule has 2 N–H and O–H groups in total. The number of nitrogens with one attached hydrogen (secondary N) is 2. The highest BCUT2D eigenvalue weighted by atomic mass is 127. The summed E-state index contributed by atoms with van der Waals surface area (Å²) in [5.41, 5.74) is 0. The number of hydrogen-bond acceptors (Lipinski definition) is 4. The Balaban J connectivity index is 0.00000364. The highest BCUT2D eigenvalue weighted by molar-refractivity contribution is 14.0. The lowest BCUT2D eigenvalue weighted by Crippen LogP contribution is -2.40. The maximum atomic E-state index is 5.70. The Morgan fingerprint density at radius 3 is 2.67 bits per heavy atom. The van der Waals surface area contributed by atoms with E-state index in [-0.39, 0.29) is 30.0 Å². The van der Waals surface area contributed by atoms with Crippen molar-refractivity contribution in [3.05, 3.63) is 24.2 Å². The highest BCUT2D eigenvalue weighted by Crippen LogP contribution is 2.25. The smallest absolute Gasteiger partial charge is 0.191 e. The summed E-state index contributed by atoms with van der Waals surface area (Å²) in [6.07, 6.45) is 5.59. The van der Waals surface area contributed by atoms with Crippen LogP contribution in [0.3, 0.4) is 0 Å². The Bertz CT molecular complexity index is 502. The number of furan rings is 1. The fraction of sp³-hybridized carbons (Fsp3) is 0.750. The predicted molar refractivity (Wildman–Crippen MR) is 122 cm³/mol. The van der Waals surface area contributed by atoms with E-state index in [0.29, 0.717) is 19.1 Å². The molecule has 1 atom stereocenters. The second-order valence-electron chi connectivity index (χ2n) is 7.24. The molecular weight excluding hydrogens is 455 g/mol. The van der Waals surface area contributed by atoms with Crippen LogP contribution in [0.25, 0.3) is 0 Å². The van der Waals surface area contributed by atoms with Crippen molar-refractivity contribution < 1.29 is 9.15 Å². The van der Waals surface area contributed by atoms with Gasteiger partial charge in [0.1, 0.15) is 5.76 Å². The van der Waals surface area contributed by atoms with Crippen LogP contribution in [0.4, 0.5) is 0 Å². The minimum atomic E-state index is 0. The van der Waals surface area contributed by atoms with Crippen molar-refractivity contribution in [2.75, 3.05) is 45.9 Å². The lowest BCUT2D eigenvalue weighted by Gasteiger charge is -2.32. The molecule has 0 saturated carbocycles. The van der Waals surface area contributed by atoms with Crippen molar-refractivity contribution in [3.63, 3.8) is 0 Å². The van der Waals surface area contributed by atoms with Gasteiger partial charge in [-0.05, 0) is 50.9 Å².